The van der Waals surface area contributed by atoms with Crippen molar-refractivity contribution in [2.24, 2.45) is 17.3 Å². The number of nitrogens with zero attached hydrogens (tertiary/aromatic N) is 1. The Labute approximate surface area is 70.8 Å². The van der Waals surface area contributed by atoms with E-state index in [4.69, 9.17) is 0 Å². The monoisotopic (exact) mass is 155 g/mol. The highest BCUT2D eigenvalue weighted by atomic mass is 15.1. The van der Waals surface area contributed by atoms with E-state index in [0.29, 0.717) is 5.41 Å². The summed E-state index contributed by atoms with van der Waals surface area (Å²) >= 11 is 0. The van der Waals surface area contributed by atoms with Crippen LogP contribution in [0.2, 0.25) is 0 Å². The van der Waals surface area contributed by atoms with Gasteiger partial charge in [0.1, 0.15) is 0 Å². The molecule has 0 aromatic heterocycles. The van der Waals surface area contributed by atoms with Gasteiger partial charge in [0.2, 0.25) is 0 Å². The molecule has 0 saturated heterocycles. The Kier molecular flexibility index (Phi) is 2.29. The first-order valence-corrected chi connectivity index (χ1v) is 4.56. The molecule has 0 heterocycles. The van der Waals surface area contributed by atoms with Gasteiger partial charge in [-0.1, -0.05) is 20.8 Å². The molecule has 2 atom stereocenters. The van der Waals surface area contributed by atoms with E-state index >= 15 is 0 Å². The predicted octanol–water partition coefficient (Wildman–Crippen LogP) is 2.23. The van der Waals surface area contributed by atoms with Gasteiger partial charge < -0.3 is 4.90 Å². The minimum Gasteiger partial charge on any atom is -0.309 e. The molecule has 0 N–H and O–H groups in total. The average Bonchev–Trinajstić information content (AvgIpc) is 2.40. The van der Waals surface area contributed by atoms with E-state index in [2.05, 4.69) is 39.8 Å². The number of hydrogen-bond donors (Lipinski definition) is 0. The number of hydrogen-bond acceptors (Lipinski definition) is 1. The molecular weight excluding hydrogens is 134 g/mol. The number of rotatable bonds is 2. The van der Waals surface area contributed by atoms with Crippen LogP contribution in [0, 0.1) is 17.3 Å². The van der Waals surface area contributed by atoms with Gasteiger partial charge in [-0.2, -0.15) is 0 Å². The predicted molar refractivity (Wildman–Crippen MR) is 49.6 cm³/mol. The van der Waals surface area contributed by atoms with Crippen molar-refractivity contribution in [1.82, 2.24) is 4.90 Å². The van der Waals surface area contributed by atoms with E-state index in [1.807, 2.05) is 0 Å². The molecule has 1 fully saturated rings. The second kappa shape index (κ2) is 2.78. The van der Waals surface area contributed by atoms with Crippen LogP contribution in [0.25, 0.3) is 0 Å². The lowest BCUT2D eigenvalue weighted by molar-refractivity contribution is 0.298. The summed E-state index contributed by atoms with van der Waals surface area (Å²) in [5.41, 5.74) is 0.542. The van der Waals surface area contributed by atoms with Gasteiger partial charge in [-0.25, -0.2) is 0 Å². The van der Waals surface area contributed by atoms with Crippen LogP contribution >= 0.6 is 0 Å². The normalized spacial score (nSPS) is 31.1. The second-order valence-corrected chi connectivity index (χ2v) is 5.23. The van der Waals surface area contributed by atoms with Crippen LogP contribution in [-0.4, -0.2) is 25.5 Å². The summed E-state index contributed by atoms with van der Waals surface area (Å²) < 4.78 is 0. The highest BCUT2D eigenvalue weighted by molar-refractivity contribution is 4.94. The first-order chi connectivity index (χ1) is 4.91. The van der Waals surface area contributed by atoms with Crippen molar-refractivity contribution >= 4 is 0 Å². The molecule has 0 spiro atoms. The third-order valence-corrected chi connectivity index (χ3v) is 2.63. The van der Waals surface area contributed by atoms with Gasteiger partial charge in [-0.15, -0.1) is 0 Å². The Bertz CT molecular complexity index is 132. The van der Waals surface area contributed by atoms with Crippen LogP contribution < -0.4 is 0 Å². The zero-order chi connectivity index (χ0) is 8.65. The molecule has 0 amide bonds. The standard InChI is InChI=1S/C10H21N/c1-10(2,3)9-6-8(9)7-11(4)5/h8-9H,6-7H2,1-5H3/t8-,9+/m0/s1. The van der Waals surface area contributed by atoms with Crippen molar-refractivity contribution in [3.63, 3.8) is 0 Å². The van der Waals surface area contributed by atoms with Crippen molar-refractivity contribution in [1.29, 1.82) is 0 Å². The molecule has 0 aliphatic heterocycles. The third-order valence-electron chi connectivity index (χ3n) is 2.63. The summed E-state index contributed by atoms with van der Waals surface area (Å²) in [5, 5.41) is 0. The molecule has 0 radical (unpaired) electrons. The average molecular weight is 155 g/mol. The van der Waals surface area contributed by atoms with Gasteiger partial charge in [0.15, 0.2) is 0 Å². The van der Waals surface area contributed by atoms with Crippen molar-refractivity contribution in [3.05, 3.63) is 0 Å². The molecule has 1 aliphatic carbocycles. The molecule has 0 bridgehead atoms. The zero-order valence-corrected chi connectivity index (χ0v) is 8.52. The Morgan fingerprint density at radius 1 is 1.27 bits per heavy atom. The first-order valence-electron chi connectivity index (χ1n) is 4.56. The Morgan fingerprint density at radius 3 is 2.09 bits per heavy atom. The Hall–Kier alpha value is -0.0400. The lowest BCUT2D eigenvalue weighted by Gasteiger charge is -2.19. The van der Waals surface area contributed by atoms with Crippen molar-refractivity contribution in [2.45, 2.75) is 27.2 Å². The maximum absolute atomic E-state index is 2.35. The lowest BCUT2D eigenvalue weighted by Crippen LogP contribution is -2.18. The van der Waals surface area contributed by atoms with E-state index in [1.54, 1.807) is 0 Å². The topological polar surface area (TPSA) is 3.24 Å². The fraction of sp³-hybridized carbons (Fsp3) is 1.00. The summed E-state index contributed by atoms with van der Waals surface area (Å²) in [5.74, 6) is 1.95. The minimum atomic E-state index is 0.542. The van der Waals surface area contributed by atoms with Crippen LogP contribution in [0.5, 0.6) is 0 Å². The SMILES string of the molecule is CN(C)C[C@@H]1C[C@H]1C(C)(C)C. The highest BCUT2D eigenvalue weighted by Gasteiger charge is 2.44. The van der Waals surface area contributed by atoms with Crippen LogP contribution in [0.3, 0.4) is 0 Å². The summed E-state index contributed by atoms with van der Waals surface area (Å²) in [4.78, 5) is 2.30. The van der Waals surface area contributed by atoms with Crippen LogP contribution in [0.4, 0.5) is 0 Å². The smallest absolute Gasteiger partial charge is 0.000652 e. The molecule has 1 aliphatic rings. The maximum Gasteiger partial charge on any atom is 0.000652 e. The lowest BCUT2D eigenvalue weighted by atomic mass is 9.89. The third kappa shape index (κ3) is 2.48. The molecule has 0 aromatic carbocycles. The molecule has 1 rings (SSSR count). The highest BCUT2D eigenvalue weighted by Crippen LogP contribution is 2.50. The van der Waals surface area contributed by atoms with E-state index in [0.717, 1.165) is 11.8 Å². The van der Waals surface area contributed by atoms with Gasteiger partial charge >= 0.3 is 0 Å². The first kappa shape index (κ1) is 9.05. The van der Waals surface area contributed by atoms with Gasteiger partial charge in [0.25, 0.3) is 0 Å². The quantitative estimate of drug-likeness (QED) is 0.591. The largest absolute Gasteiger partial charge is 0.309 e. The summed E-state index contributed by atoms with van der Waals surface area (Å²) in [6, 6.07) is 0. The van der Waals surface area contributed by atoms with E-state index in [1.165, 1.54) is 13.0 Å². The molecule has 1 saturated carbocycles. The molecule has 0 unspecified atom stereocenters. The minimum absolute atomic E-state index is 0.542. The molecule has 1 heteroatoms. The van der Waals surface area contributed by atoms with E-state index in [9.17, 15) is 0 Å². The summed E-state index contributed by atoms with van der Waals surface area (Å²) in [6.45, 7) is 8.34. The Balaban J connectivity index is 2.27. The second-order valence-electron chi connectivity index (χ2n) is 5.23. The van der Waals surface area contributed by atoms with Crippen LogP contribution in [0.1, 0.15) is 27.2 Å². The molecule has 66 valence electrons. The van der Waals surface area contributed by atoms with Crippen molar-refractivity contribution in [3.8, 4) is 0 Å². The van der Waals surface area contributed by atoms with Gasteiger partial charge in [0.05, 0.1) is 0 Å². The van der Waals surface area contributed by atoms with Crippen molar-refractivity contribution in [2.75, 3.05) is 20.6 Å². The Morgan fingerprint density at radius 2 is 1.82 bits per heavy atom. The zero-order valence-electron chi connectivity index (χ0n) is 8.52. The fourth-order valence-corrected chi connectivity index (χ4v) is 1.98. The van der Waals surface area contributed by atoms with E-state index < -0.39 is 0 Å². The molecule has 0 aromatic rings. The maximum atomic E-state index is 2.35. The molecular formula is C10H21N. The summed E-state index contributed by atoms with van der Waals surface area (Å²) in [6.07, 6.45) is 1.45. The molecule has 11 heavy (non-hydrogen) atoms. The molecule has 1 nitrogen and oxygen atoms in total. The van der Waals surface area contributed by atoms with Gasteiger partial charge in [0, 0.05) is 6.54 Å². The van der Waals surface area contributed by atoms with Crippen LogP contribution in [0.15, 0.2) is 0 Å². The van der Waals surface area contributed by atoms with Gasteiger partial charge in [-0.3, -0.25) is 0 Å². The van der Waals surface area contributed by atoms with Crippen molar-refractivity contribution < 1.29 is 0 Å². The van der Waals surface area contributed by atoms with Crippen LogP contribution in [-0.2, 0) is 0 Å². The summed E-state index contributed by atoms with van der Waals surface area (Å²) in [7, 11) is 4.33. The van der Waals surface area contributed by atoms with E-state index in [-0.39, 0.29) is 0 Å². The van der Waals surface area contributed by atoms with Gasteiger partial charge in [-0.05, 0) is 37.8 Å². The fourth-order valence-electron chi connectivity index (χ4n) is 1.98.